The molecule has 0 bridgehead atoms. The maximum absolute atomic E-state index is 12.4. The maximum Gasteiger partial charge on any atom is 0.168 e. The number of carbonyl (C=O) groups excluding carboxylic acids is 1. The van der Waals surface area contributed by atoms with Gasteiger partial charge in [-0.15, -0.1) is 0 Å². The van der Waals surface area contributed by atoms with E-state index in [1.807, 2.05) is 13.0 Å². The molecule has 0 saturated heterocycles. The molecule has 2 aromatic rings. The third kappa shape index (κ3) is 1.70. The number of ketones is 1. The Kier molecular flexibility index (Phi) is 2.45. The fourth-order valence-corrected chi connectivity index (χ4v) is 2.45. The van der Waals surface area contributed by atoms with E-state index in [9.17, 15) is 4.79 Å². The van der Waals surface area contributed by atoms with Gasteiger partial charge in [0, 0.05) is 28.6 Å². The van der Waals surface area contributed by atoms with Crippen molar-refractivity contribution >= 4 is 16.7 Å². The van der Waals surface area contributed by atoms with Crippen LogP contribution >= 0.6 is 0 Å². The van der Waals surface area contributed by atoms with Gasteiger partial charge in [0.1, 0.15) is 0 Å². The summed E-state index contributed by atoms with van der Waals surface area (Å²) in [5.41, 5.74) is 2.23. The molecule has 1 aliphatic carbocycles. The van der Waals surface area contributed by atoms with Gasteiger partial charge in [0.2, 0.25) is 0 Å². The molecule has 1 aromatic carbocycles. The van der Waals surface area contributed by atoms with Gasteiger partial charge < -0.3 is 4.98 Å². The van der Waals surface area contributed by atoms with Crippen molar-refractivity contribution in [3.05, 3.63) is 35.5 Å². The first-order valence-corrected chi connectivity index (χ1v) is 6.26. The van der Waals surface area contributed by atoms with Gasteiger partial charge >= 0.3 is 0 Å². The quantitative estimate of drug-likeness (QED) is 0.834. The number of nitriles is 1. The van der Waals surface area contributed by atoms with Crippen LogP contribution in [0.1, 0.15) is 35.7 Å². The monoisotopic (exact) mass is 238 g/mol. The highest BCUT2D eigenvalue weighted by Gasteiger charge is 2.33. The van der Waals surface area contributed by atoms with Crippen LogP contribution in [0.3, 0.4) is 0 Å². The van der Waals surface area contributed by atoms with E-state index in [1.54, 1.807) is 18.3 Å². The summed E-state index contributed by atoms with van der Waals surface area (Å²) < 4.78 is 0. The molecule has 18 heavy (non-hydrogen) atoms. The first kappa shape index (κ1) is 11.0. The minimum absolute atomic E-state index is 0.0924. The minimum atomic E-state index is 0.0924. The van der Waals surface area contributed by atoms with Crippen molar-refractivity contribution in [3.63, 3.8) is 0 Å². The third-order valence-electron chi connectivity index (χ3n) is 3.82. The first-order chi connectivity index (χ1) is 8.70. The van der Waals surface area contributed by atoms with Crippen LogP contribution in [0.5, 0.6) is 0 Å². The lowest BCUT2D eigenvalue weighted by atomic mass is 9.94. The molecule has 1 saturated carbocycles. The summed E-state index contributed by atoms with van der Waals surface area (Å²) in [4.78, 5) is 15.5. The predicted molar refractivity (Wildman–Crippen MR) is 69.2 cm³/mol. The van der Waals surface area contributed by atoms with Crippen LogP contribution in [0, 0.1) is 23.2 Å². The second-order valence-corrected chi connectivity index (χ2v) is 5.06. The van der Waals surface area contributed by atoms with Crippen molar-refractivity contribution in [2.45, 2.75) is 19.8 Å². The summed E-state index contributed by atoms with van der Waals surface area (Å²) in [6, 6.07) is 7.52. The molecule has 90 valence electrons. The van der Waals surface area contributed by atoms with E-state index in [4.69, 9.17) is 5.26 Å². The van der Waals surface area contributed by atoms with Gasteiger partial charge in [-0.3, -0.25) is 4.79 Å². The predicted octanol–water partition coefficient (Wildman–Crippen LogP) is 3.27. The molecule has 1 aliphatic rings. The molecule has 0 amide bonds. The van der Waals surface area contributed by atoms with Crippen LogP contribution in [0.4, 0.5) is 0 Å². The Morgan fingerprint density at radius 1 is 1.50 bits per heavy atom. The fraction of sp³-hybridized carbons (Fsp3) is 0.333. The molecule has 1 unspecified atom stereocenters. The summed E-state index contributed by atoms with van der Waals surface area (Å²) in [7, 11) is 0. The van der Waals surface area contributed by atoms with Crippen LogP contribution < -0.4 is 0 Å². The van der Waals surface area contributed by atoms with E-state index in [2.05, 4.69) is 11.1 Å². The topological polar surface area (TPSA) is 56.6 Å². The molecule has 3 rings (SSSR count). The Hall–Kier alpha value is -2.08. The minimum Gasteiger partial charge on any atom is -0.360 e. The average Bonchev–Trinajstić information content (AvgIpc) is 3.16. The lowest BCUT2D eigenvalue weighted by molar-refractivity contribution is 0.0918. The number of hydrogen-bond donors (Lipinski definition) is 1. The summed E-state index contributed by atoms with van der Waals surface area (Å²) in [6.07, 6.45) is 4.10. The Labute approximate surface area is 105 Å². The summed E-state index contributed by atoms with van der Waals surface area (Å²) in [5, 5.41) is 9.79. The SMILES string of the molecule is CC(C(=O)c1c[nH]c2ccc(C#N)cc12)C1CC1. The van der Waals surface area contributed by atoms with Crippen molar-refractivity contribution in [2.75, 3.05) is 0 Å². The highest BCUT2D eigenvalue weighted by Crippen LogP contribution is 2.38. The average molecular weight is 238 g/mol. The molecule has 1 heterocycles. The number of fused-ring (bicyclic) bond motifs is 1. The molecule has 0 aliphatic heterocycles. The van der Waals surface area contributed by atoms with Crippen LogP contribution in [0.25, 0.3) is 10.9 Å². The summed E-state index contributed by atoms with van der Waals surface area (Å²) >= 11 is 0. The Morgan fingerprint density at radius 2 is 2.28 bits per heavy atom. The van der Waals surface area contributed by atoms with Gasteiger partial charge in [-0.1, -0.05) is 6.92 Å². The second-order valence-electron chi connectivity index (χ2n) is 5.06. The summed E-state index contributed by atoms with van der Waals surface area (Å²) in [5.74, 6) is 0.843. The van der Waals surface area contributed by atoms with Gasteiger partial charge in [0.15, 0.2) is 5.78 Å². The van der Waals surface area contributed by atoms with Crippen LogP contribution in [0.2, 0.25) is 0 Å². The molecule has 1 fully saturated rings. The van der Waals surface area contributed by atoms with Crippen molar-refractivity contribution in [2.24, 2.45) is 11.8 Å². The van der Waals surface area contributed by atoms with E-state index in [-0.39, 0.29) is 11.7 Å². The maximum atomic E-state index is 12.4. The van der Waals surface area contributed by atoms with Gasteiger partial charge in [-0.05, 0) is 37.0 Å². The third-order valence-corrected chi connectivity index (χ3v) is 3.82. The zero-order valence-corrected chi connectivity index (χ0v) is 10.2. The van der Waals surface area contributed by atoms with Crippen molar-refractivity contribution in [1.29, 1.82) is 5.26 Å². The van der Waals surface area contributed by atoms with Crippen LogP contribution in [-0.4, -0.2) is 10.8 Å². The zero-order chi connectivity index (χ0) is 12.7. The van der Waals surface area contributed by atoms with E-state index < -0.39 is 0 Å². The molecular formula is C15H14N2O. The van der Waals surface area contributed by atoms with E-state index in [0.717, 1.165) is 16.5 Å². The lowest BCUT2D eigenvalue weighted by Crippen LogP contribution is -2.12. The highest BCUT2D eigenvalue weighted by molar-refractivity contribution is 6.09. The Balaban J connectivity index is 2.06. The van der Waals surface area contributed by atoms with Crippen molar-refractivity contribution in [3.8, 4) is 6.07 Å². The van der Waals surface area contributed by atoms with Crippen molar-refractivity contribution < 1.29 is 4.79 Å². The number of rotatable bonds is 3. The smallest absolute Gasteiger partial charge is 0.168 e. The number of nitrogens with one attached hydrogen (secondary N) is 1. The van der Waals surface area contributed by atoms with E-state index in [1.165, 1.54) is 12.8 Å². The molecule has 1 atom stereocenters. The van der Waals surface area contributed by atoms with Crippen molar-refractivity contribution in [1.82, 2.24) is 4.98 Å². The standard InChI is InChI=1S/C15H14N2O/c1-9(11-3-4-11)15(18)13-8-17-14-5-2-10(7-16)6-12(13)14/h2,5-6,8-9,11,17H,3-4H2,1H3. The number of hydrogen-bond acceptors (Lipinski definition) is 2. The number of nitrogens with zero attached hydrogens (tertiary/aromatic N) is 1. The molecule has 1 aromatic heterocycles. The molecule has 0 spiro atoms. The molecule has 3 nitrogen and oxygen atoms in total. The first-order valence-electron chi connectivity index (χ1n) is 6.26. The Morgan fingerprint density at radius 3 is 2.94 bits per heavy atom. The summed E-state index contributed by atoms with van der Waals surface area (Å²) in [6.45, 7) is 2.01. The van der Waals surface area contributed by atoms with E-state index in [0.29, 0.717) is 11.5 Å². The number of carbonyl (C=O) groups is 1. The lowest BCUT2D eigenvalue weighted by Gasteiger charge is -2.07. The molecule has 0 radical (unpaired) electrons. The normalized spacial score (nSPS) is 16.4. The number of aromatic amines is 1. The zero-order valence-electron chi connectivity index (χ0n) is 10.2. The highest BCUT2D eigenvalue weighted by atomic mass is 16.1. The molecule has 3 heteroatoms. The largest absolute Gasteiger partial charge is 0.360 e. The second kappa shape index (κ2) is 3.99. The van der Waals surface area contributed by atoms with Crippen LogP contribution in [-0.2, 0) is 0 Å². The Bertz CT molecular complexity index is 659. The van der Waals surface area contributed by atoms with Gasteiger partial charge in [-0.2, -0.15) is 5.26 Å². The number of benzene rings is 1. The van der Waals surface area contributed by atoms with E-state index >= 15 is 0 Å². The number of aromatic nitrogens is 1. The van der Waals surface area contributed by atoms with Gasteiger partial charge in [0.25, 0.3) is 0 Å². The number of Topliss-reactive ketones (excluding diaryl/α,β-unsaturated/α-hetero) is 1. The molecular weight excluding hydrogens is 224 g/mol. The van der Waals surface area contributed by atoms with Gasteiger partial charge in [-0.25, -0.2) is 0 Å². The molecule has 1 N–H and O–H groups in total. The fourth-order valence-electron chi connectivity index (χ4n) is 2.45. The van der Waals surface area contributed by atoms with Crippen LogP contribution in [0.15, 0.2) is 24.4 Å². The van der Waals surface area contributed by atoms with Gasteiger partial charge in [0.05, 0.1) is 11.6 Å². The number of H-pyrrole nitrogens is 1.